The van der Waals surface area contributed by atoms with Crippen LogP contribution in [0.5, 0.6) is 0 Å². The number of rotatable bonds is 4. The molecule has 0 saturated heterocycles. The van der Waals surface area contributed by atoms with Crippen molar-refractivity contribution in [1.29, 1.82) is 5.26 Å². The van der Waals surface area contributed by atoms with Crippen LogP contribution < -0.4 is 0 Å². The molecule has 1 heterocycles. The van der Waals surface area contributed by atoms with Crippen LogP contribution in [0.4, 0.5) is 0 Å². The van der Waals surface area contributed by atoms with Crippen LogP contribution in [0.15, 0.2) is 127 Å². The van der Waals surface area contributed by atoms with Crippen molar-refractivity contribution in [1.82, 2.24) is 15.0 Å². The van der Waals surface area contributed by atoms with Gasteiger partial charge in [-0.15, -0.1) is 0 Å². The third-order valence-corrected chi connectivity index (χ3v) is 12.3. The van der Waals surface area contributed by atoms with E-state index < -0.39 is 0 Å². The molecule has 256 valence electrons. The largest absolute Gasteiger partial charge is 0.208 e. The highest BCUT2D eigenvalue weighted by atomic mass is 15.0. The van der Waals surface area contributed by atoms with Crippen molar-refractivity contribution in [2.45, 2.75) is 51.4 Å². The zero-order valence-corrected chi connectivity index (χ0v) is 30.2. The molecular formula is C49H40N4. The summed E-state index contributed by atoms with van der Waals surface area (Å²) in [4.78, 5) is 15.5. The Morgan fingerprint density at radius 2 is 1.09 bits per heavy atom. The summed E-state index contributed by atoms with van der Waals surface area (Å²) in [6.45, 7) is 4.90. The Bertz CT molecular complexity index is 2730. The standard InChI is InChI=1S/C49H40N4/c1-30-22-32-23-31(2)27-49(26-30,28-32)39-19-16-34(17-20-39)46-51-47(36-15-14-33-8-3-4-9-35(33)24-36)53-48(52-46)37-18-21-41-43-13-7-10-38(29-50)45(43)42-12-6-5-11-40(42)44(41)25-37/h3-21,24-25,30-32H,22-23,26-28H2,1-2H3/t30-,31+,32-,49?. The molecule has 8 aromatic rings. The molecule has 0 aliphatic heterocycles. The second-order valence-corrected chi connectivity index (χ2v) is 16.0. The van der Waals surface area contributed by atoms with E-state index in [1.165, 1.54) is 43.1 Å². The molecule has 1 aromatic heterocycles. The predicted octanol–water partition coefficient (Wildman–Crippen LogP) is 12.5. The molecule has 4 nitrogen and oxygen atoms in total. The topological polar surface area (TPSA) is 62.5 Å². The van der Waals surface area contributed by atoms with Crippen LogP contribution in [0.2, 0.25) is 0 Å². The molecule has 1 unspecified atom stereocenters. The Morgan fingerprint density at radius 3 is 1.81 bits per heavy atom. The first kappa shape index (κ1) is 31.8. The van der Waals surface area contributed by atoms with E-state index in [1.807, 2.05) is 18.2 Å². The zero-order chi connectivity index (χ0) is 35.7. The van der Waals surface area contributed by atoms with Crippen LogP contribution in [-0.2, 0) is 5.41 Å². The Kier molecular flexibility index (Phi) is 7.41. The van der Waals surface area contributed by atoms with Gasteiger partial charge in [-0.2, -0.15) is 5.26 Å². The van der Waals surface area contributed by atoms with Crippen LogP contribution >= 0.6 is 0 Å². The number of hydrogen-bond acceptors (Lipinski definition) is 4. The minimum atomic E-state index is 0.269. The number of fused-ring (bicyclic) bond motifs is 9. The lowest BCUT2D eigenvalue weighted by molar-refractivity contribution is 0.0780. The maximum atomic E-state index is 10.0. The van der Waals surface area contributed by atoms with E-state index in [2.05, 4.69) is 129 Å². The van der Waals surface area contributed by atoms with Crippen molar-refractivity contribution in [2.24, 2.45) is 17.8 Å². The van der Waals surface area contributed by atoms with Crippen LogP contribution in [0, 0.1) is 29.1 Å². The lowest BCUT2D eigenvalue weighted by Gasteiger charge is -2.50. The number of nitrogens with zero attached hydrogens (tertiary/aromatic N) is 4. The van der Waals surface area contributed by atoms with Crippen molar-refractivity contribution in [3.8, 4) is 40.2 Å². The summed E-state index contributed by atoms with van der Waals surface area (Å²) in [5, 5.41) is 18.8. The van der Waals surface area contributed by atoms with Gasteiger partial charge in [0.25, 0.3) is 0 Å². The molecule has 2 aliphatic rings. The molecule has 2 saturated carbocycles. The Morgan fingerprint density at radius 1 is 0.528 bits per heavy atom. The first-order chi connectivity index (χ1) is 25.9. The van der Waals surface area contributed by atoms with E-state index in [-0.39, 0.29) is 5.41 Å². The maximum Gasteiger partial charge on any atom is 0.164 e. The average Bonchev–Trinajstić information content (AvgIpc) is 3.19. The van der Waals surface area contributed by atoms with Gasteiger partial charge in [-0.25, -0.2) is 15.0 Å². The molecule has 0 radical (unpaired) electrons. The monoisotopic (exact) mass is 684 g/mol. The molecule has 0 spiro atoms. The van der Waals surface area contributed by atoms with Crippen LogP contribution in [-0.4, -0.2) is 15.0 Å². The van der Waals surface area contributed by atoms with Crippen molar-refractivity contribution in [3.05, 3.63) is 139 Å². The van der Waals surface area contributed by atoms with Gasteiger partial charge in [0.05, 0.1) is 11.6 Å². The summed E-state index contributed by atoms with van der Waals surface area (Å²) >= 11 is 0. The van der Waals surface area contributed by atoms with Crippen molar-refractivity contribution in [2.75, 3.05) is 0 Å². The molecule has 2 aliphatic carbocycles. The van der Waals surface area contributed by atoms with Crippen molar-refractivity contribution < 1.29 is 0 Å². The van der Waals surface area contributed by atoms with Crippen molar-refractivity contribution in [3.63, 3.8) is 0 Å². The van der Waals surface area contributed by atoms with E-state index >= 15 is 0 Å². The Hall–Kier alpha value is -5.92. The lowest BCUT2D eigenvalue weighted by Crippen LogP contribution is -2.42. The molecule has 2 fully saturated rings. The van der Waals surface area contributed by atoms with Gasteiger partial charge >= 0.3 is 0 Å². The smallest absolute Gasteiger partial charge is 0.164 e. The summed E-state index contributed by atoms with van der Waals surface area (Å²) in [6, 6.07) is 47.4. The molecule has 2 bridgehead atoms. The van der Waals surface area contributed by atoms with E-state index in [0.29, 0.717) is 23.0 Å². The number of aromatic nitrogens is 3. The maximum absolute atomic E-state index is 10.0. The van der Waals surface area contributed by atoms with E-state index in [0.717, 1.165) is 72.1 Å². The fourth-order valence-corrected chi connectivity index (χ4v) is 10.4. The van der Waals surface area contributed by atoms with Crippen LogP contribution in [0.25, 0.3) is 77.3 Å². The molecule has 53 heavy (non-hydrogen) atoms. The first-order valence-corrected chi connectivity index (χ1v) is 19.1. The lowest BCUT2D eigenvalue weighted by atomic mass is 9.54. The summed E-state index contributed by atoms with van der Waals surface area (Å²) < 4.78 is 0. The molecule has 4 atom stereocenters. The number of hydrogen-bond donors (Lipinski definition) is 0. The summed E-state index contributed by atoms with van der Waals surface area (Å²) in [7, 11) is 0. The highest BCUT2D eigenvalue weighted by Crippen LogP contribution is 2.54. The van der Waals surface area contributed by atoms with Gasteiger partial charge in [0.2, 0.25) is 0 Å². The summed E-state index contributed by atoms with van der Waals surface area (Å²) in [5.74, 6) is 4.34. The summed E-state index contributed by atoms with van der Waals surface area (Å²) in [5.41, 5.74) is 5.32. The quantitative estimate of drug-likeness (QED) is 0.173. The SMILES string of the molecule is C[C@@H]1C[C@@H]2C[C@H](C)CC(c3ccc(-c4nc(-c5ccc6ccccc6c5)nc(-c5ccc6c(c5)c5ccccc5c5c(C#N)cccc65)n4)cc3)(C1)C2. The summed E-state index contributed by atoms with van der Waals surface area (Å²) in [6.07, 6.45) is 6.61. The third kappa shape index (κ3) is 5.37. The normalized spacial score (nSPS) is 21.3. The highest BCUT2D eigenvalue weighted by molar-refractivity contribution is 6.26. The highest BCUT2D eigenvalue weighted by Gasteiger charge is 2.45. The molecule has 0 amide bonds. The predicted molar refractivity (Wildman–Crippen MR) is 217 cm³/mol. The van der Waals surface area contributed by atoms with Crippen molar-refractivity contribution >= 4 is 43.1 Å². The van der Waals surface area contributed by atoms with Gasteiger partial charge in [-0.05, 0) is 117 Å². The van der Waals surface area contributed by atoms with Gasteiger partial charge in [-0.1, -0.05) is 123 Å². The average molecular weight is 685 g/mol. The molecule has 0 N–H and O–H groups in total. The van der Waals surface area contributed by atoms with E-state index in [9.17, 15) is 5.26 Å². The van der Waals surface area contributed by atoms with Gasteiger partial charge < -0.3 is 0 Å². The van der Waals surface area contributed by atoms with E-state index in [4.69, 9.17) is 15.0 Å². The third-order valence-electron chi connectivity index (χ3n) is 12.3. The Balaban J connectivity index is 1.14. The first-order valence-electron chi connectivity index (χ1n) is 19.1. The minimum Gasteiger partial charge on any atom is -0.208 e. The van der Waals surface area contributed by atoms with Gasteiger partial charge in [0.1, 0.15) is 0 Å². The molecular weight excluding hydrogens is 645 g/mol. The van der Waals surface area contributed by atoms with Crippen LogP contribution in [0.3, 0.4) is 0 Å². The second-order valence-electron chi connectivity index (χ2n) is 16.0. The van der Waals surface area contributed by atoms with Gasteiger partial charge in [0, 0.05) is 22.1 Å². The minimum absolute atomic E-state index is 0.269. The fraction of sp³-hybridized carbons (Fsp3) is 0.224. The number of nitriles is 1. The fourth-order valence-electron chi connectivity index (χ4n) is 10.4. The molecule has 4 heteroatoms. The van der Waals surface area contributed by atoms with Crippen LogP contribution in [0.1, 0.15) is 57.1 Å². The zero-order valence-electron chi connectivity index (χ0n) is 30.2. The number of benzene rings is 7. The Labute approximate surface area is 310 Å². The van der Waals surface area contributed by atoms with Gasteiger partial charge in [-0.3, -0.25) is 0 Å². The second kappa shape index (κ2) is 12.3. The van der Waals surface area contributed by atoms with Gasteiger partial charge in [0.15, 0.2) is 17.5 Å². The molecule has 10 rings (SSSR count). The van der Waals surface area contributed by atoms with E-state index in [1.54, 1.807) is 0 Å². The molecule has 7 aromatic carbocycles.